The first-order valence-corrected chi connectivity index (χ1v) is 9.66. The number of nitrogens with zero attached hydrogens (tertiary/aromatic N) is 3. The van der Waals surface area contributed by atoms with Gasteiger partial charge < -0.3 is 11.1 Å². The third kappa shape index (κ3) is 3.74. The Morgan fingerprint density at radius 2 is 1.74 bits per heavy atom. The van der Waals surface area contributed by atoms with Crippen LogP contribution in [0.4, 0.5) is 11.5 Å². The van der Waals surface area contributed by atoms with Crippen LogP contribution in [0, 0.1) is 0 Å². The average molecular weight is 423 g/mol. The Balaban J connectivity index is 2.32. The summed E-state index contributed by atoms with van der Waals surface area (Å²) in [6, 6.07) is 6.51. The highest BCUT2D eigenvalue weighted by Crippen LogP contribution is 2.33. The topological polar surface area (TPSA) is 129 Å². The highest BCUT2D eigenvalue weighted by atomic mass is 16.2. The van der Waals surface area contributed by atoms with Gasteiger partial charge in [-0.25, -0.2) is 9.78 Å². The maximum absolute atomic E-state index is 13.3. The molecule has 2 aromatic heterocycles. The number of hydrogen-bond acceptors (Lipinski definition) is 6. The minimum atomic E-state index is -0.674. The summed E-state index contributed by atoms with van der Waals surface area (Å²) in [4.78, 5) is 54.6. The van der Waals surface area contributed by atoms with Gasteiger partial charge in [-0.3, -0.25) is 23.5 Å². The molecular weight excluding hydrogens is 398 g/mol. The number of anilines is 2. The minimum Gasteiger partial charge on any atom is -0.383 e. The van der Waals surface area contributed by atoms with Gasteiger partial charge in [-0.15, -0.1) is 0 Å². The van der Waals surface area contributed by atoms with E-state index in [1.165, 1.54) is 25.6 Å². The van der Waals surface area contributed by atoms with Gasteiger partial charge >= 0.3 is 5.69 Å². The van der Waals surface area contributed by atoms with Gasteiger partial charge in [0.1, 0.15) is 5.82 Å². The number of hydrogen-bond donors (Lipinski definition) is 2. The second-order valence-corrected chi connectivity index (χ2v) is 8.49. The van der Waals surface area contributed by atoms with Gasteiger partial charge in [0.2, 0.25) is 0 Å². The van der Waals surface area contributed by atoms with E-state index in [9.17, 15) is 19.2 Å². The molecule has 0 aliphatic carbocycles. The van der Waals surface area contributed by atoms with Crippen LogP contribution in [0.3, 0.4) is 0 Å². The Hall–Kier alpha value is -3.75. The third-order valence-electron chi connectivity index (χ3n) is 5.12. The summed E-state index contributed by atoms with van der Waals surface area (Å²) in [5.74, 6) is -0.794. The molecule has 162 valence electrons. The van der Waals surface area contributed by atoms with Gasteiger partial charge in [-0.05, 0) is 30.0 Å². The lowest BCUT2D eigenvalue weighted by atomic mass is 9.82. The number of aryl methyl sites for hydroxylation is 1. The van der Waals surface area contributed by atoms with E-state index in [0.717, 1.165) is 4.57 Å². The number of benzene rings is 1. The second-order valence-electron chi connectivity index (χ2n) is 8.49. The van der Waals surface area contributed by atoms with Crippen LogP contribution in [0.25, 0.3) is 11.0 Å². The van der Waals surface area contributed by atoms with Gasteiger partial charge in [0.05, 0.1) is 10.9 Å². The first-order valence-electron chi connectivity index (χ1n) is 9.66. The van der Waals surface area contributed by atoms with Crippen molar-refractivity contribution in [2.45, 2.75) is 33.1 Å². The zero-order chi connectivity index (χ0) is 23.2. The quantitative estimate of drug-likeness (QED) is 0.620. The van der Waals surface area contributed by atoms with Crippen LogP contribution in [0.5, 0.6) is 0 Å². The molecule has 9 nitrogen and oxygen atoms in total. The highest BCUT2D eigenvalue weighted by Gasteiger charge is 2.31. The number of Topliss-reactive ketones (excluding diaryl/α,β-unsaturated/α-hetero) is 1. The summed E-state index contributed by atoms with van der Waals surface area (Å²) < 4.78 is 2.22. The van der Waals surface area contributed by atoms with Gasteiger partial charge in [0.15, 0.2) is 11.4 Å². The Morgan fingerprint density at radius 3 is 2.32 bits per heavy atom. The molecule has 0 fully saturated rings. The average Bonchev–Trinajstić information content (AvgIpc) is 2.69. The number of rotatable bonds is 3. The fraction of sp³-hybridized carbons (Fsp3) is 0.318. The number of carbonyl (C=O) groups excluding carboxylic acids is 2. The Morgan fingerprint density at radius 1 is 1.10 bits per heavy atom. The predicted molar refractivity (Wildman–Crippen MR) is 120 cm³/mol. The first kappa shape index (κ1) is 21.9. The van der Waals surface area contributed by atoms with Crippen molar-refractivity contribution in [3.63, 3.8) is 0 Å². The molecule has 0 aliphatic heterocycles. The number of fused-ring (bicyclic) bond motifs is 1. The van der Waals surface area contributed by atoms with E-state index in [-0.39, 0.29) is 28.2 Å². The van der Waals surface area contributed by atoms with Crippen molar-refractivity contribution < 1.29 is 9.59 Å². The minimum absolute atomic E-state index is 0.0592. The molecule has 0 bridgehead atoms. The number of aromatic nitrogens is 3. The molecule has 3 N–H and O–H groups in total. The summed E-state index contributed by atoms with van der Waals surface area (Å²) in [5, 5.41) is 2.90. The second kappa shape index (κ2) is 7.50. The molecule has 0 unspecified atom stereocenters. The predicted octanol–water partition coefficient (Wildman–Crippen LogP) is 1.97. The van der Waals surface area contributed by atoms with Gasteiger partial charge in [-0.2, -0.15) is 0 Å². The Bertz CT molecular complexity index is 1360. The fourth-order valence-electron chi connectivity index (χ4n) is 3.60. The zero-order valence-electron chi connectivity index (χ0n) is 18.4. The van der Waals surface area contributed by atoms with Crippen LogP contribution in [0.2, 0.25) is 0 Å². The Labute approximate surface area is 178 Å². The number of carbonyl (C=O) groups is 2. The van der Waals surface area contributed by atoms with Crippen LogP contribution in [0.15, 0.2) is 33.9 Å². The van der Waals surface area contributed by atoms with Crippen molar-refractivity contribution in [3.8, 4) is 0 Å². The lowest BCUT2D eigenvalue weighted by Crippen LogP contribution is -2.39. The molecular formula is C22H25N5O4. The van der Waals surface area contributed by atoms with Crippen LogP contribution in [0.1, 0.15) is 54.0 Å². The third-order valence-corrected chi connectivity index (χ3v) is 5.12. The van der Waals surface area contributed by atoms with E-state index in [0.29, 0.717) is 16.8 Å². The molecule has 1 amide bonds. The Kier molecular flexibility index (Phi) is 5.31. The SMILES string of the molecule is CC(=O)c1cccc(NC(=O)c2c(N)nc3c(c2C(C)(C)C)c(=O)n(C)c(=O)n3C)c1. The summed E-state index contributed by atoms with van der Waals surface area (Å²) in [6.07, 6.45) is 0. The number of ketones is 1. The van der Waals surface area contributed by atoms with Crippen LogP contribution < -0.4 is 22.3 Å². The monoisotopic (exact) mass is 423 g/mol. The first-order chi connectivity index (χ1) is 14.3. The van der Waals surface area contributed by atoms with Crippen LogP contribution in [-0.2, 0) is 19.5 Å². The molecule has 0 spiro atoms. The smallest absolute Gasteiger partial charge is 0.332 e. The van der Waals surface area contributed by atoms with Crippen molar-refractivity contribution in [1.82, 2.24) is 14.1 Å². The van der Waals surface area contributed by atoms with E-state index in [4.69, 9.17) is 5.73 Å². The van der Waals surface area contributed by atoms with E-state index < -0.39 is 22.6 Å². The number of amides is 1. The van der Waals surface area contributed by atoms with Gasteiger partial charge in [0, 0.05) is 25.3 Å². The molecule has 0 saturated carbocycles. The standard InChI is InChI=1S/C22H25N5O4/c1-11(28)12-8-7-9-13(10-12)24-19(29)14-16(22(2,3)4)15-18(25-17(14)23)26(5)21(31)27(6)20(15)30/h7-10H,1-6H3,(H2,23,25)(H,24,29). The maximum Gasteiger partial charge on any atom is 0.332 e. The van der Waals surface area contributed by atoms with Gasteiger partial charge in [-0.1, -0.05) is 32.9 Å². The van der Waals surface area contributed by atoms with Crippen LogP contribution in [-0.4, -0.2) is 25.8 Å². The summed E-state index contributed by atoms with van der Waals surface area (Å²) >= 11 is 0. The summed E-state index contributed by atoms with van der Waals surface area (Å²) in [7, 11) is 2.87. The van der Waals surface area contributed by atoms with Crippen molar-refractivity contribution >= 4 is 34.2 Å². The molecule has 2 heterocycles. The molecule has 0 atom stereocenters. The molecule has 31 heavy (non-hydrogen) atoms. The molecule has 3 rings (SSSR count). The largest absolute Gasteiger partial charge is 0.383 e. The number of pyridine rings is 1. The molecule has 3 aromatic rings. The van der Waals surface area contributed by atoms with Crippen molar-refractivity contribution in [1.29, 1.82) is 0 Å². The van der Waals surface area contributed by atoms with E-state index >= 15 is 0 Å². The number of nitrogen functional groups attached to an aromatic ring is 1. The lowest BCUT2D eigenvalue weighted by Gasteiger charge is -2.25. The van der Waals surface area contributed by atoms with Crippen LogP contribution >= 0.6 is 0 Å². The molecule has 0 saturated heterocycles. The molecule has 0 radical (unpaired) electrons. The van der Waals surface area contributed by atoms with E-state index in [1.54, 1.807) is 24.3 Å². The van der Waals surface area contributed by atoms with Crippen molar-refractivity contribution in [2.24, 2.45) is 14.1 Å². The molecule has 0 aliphatic rings. The zero-order valence-corrected chi connectivity index (χ0v) is 18.4. The maximum atomic E-state index is 13.3. The molecule has 9 heteroatoms. The highest BCUT2D eigenvalue weighted by molar-refractivity contribution is 6.11. The normalized spacial score (nSPS) is 11.5. The van der Waals surface area contributed by atoms with Crippen molar-refractivity contribution in [3.05, 3.63) is 61.8 Å². The van der Waals surface area contributed by atoms with Crippen molar-refractivity contribution in [2.75, 3.05) is 11.1 Å². The molecule has 1 aromatic carbocycles. The summed E-state index contributed by atoms with van der Waals surface area (Å²) in [6.45, 7) is 6.97. The van der Waals surface area contributed by atoms with Gasteiger partial charge in [0.25, 0.3) is 11.5 Å². The number of nitrogens with two attached hydrogens (primary N) is 1. The fourth-order valence-corrected chi connectivity index (χ4v) is 3.60. The number of nitrogens with one attached hydrogen (secondary N) is 1. The lowest BCUT2D eigenvalue weighted by molar-refractivity contribution is 0.101. The van der Waals surface area contributed by atoms with E-state index in [2.05, 4.69) is 10.3 Å². The van der Waals surface area contributed by atoms with E-state index in [1.807, 2.05) is 20.8 Å². The summed E-state index contributed by atoms with van der Waals surface area (Å²) in [5.41, 5.74) is 5.83.